The van der Waals surface area contributed by atoms with Gasteiger partial charge in [0.15, 0.2) is 11.4 Å². The Hall–Kier alpha value is -4.34. The molecule has 0 saturated heterocycles. The first-order chi connectivity index (χ1) is 20.9. The van der Waals surface area contributed by atoms with Crippen molar-refractivity contribution >= 4 is 32.8 Å². The Kier molecular flexibility index (Phi) is 8.35. The lowest BCUT2D eigenvalue weighted by atomic mass is 9.93. The van der Waals surface area contributed by atoms with Crippen molar-refractivity contribution in [1.29, 1.82) is 0 Å². The molecule has 3 unspecified atom stereocenters. The topological polar surface area (TPSA) is 106 Å². The van der Waals surface area contributed by atoms with Gasteiger partial charge in [-0.25, -0.2) is 22.4 Å². The van der Waals surface area contributed by atoms with Crippen LogP contribution in [0.4, 0.5) is 5.82 Å². The molecule has 0 spiro atoms. The second kappa shape index (κ2) is 12.5. The van der Waals surface area contributed by atoms with Gasteiger partial charge in [0.1, 0.15) is 11.3 Å². The molecular weight excluding hydrogens is 558 g/mol. The van der Waals surface area contributed by atoms with Gasteiger partial charge in [0.25, 0.3) is 0 Å². The molecular formula is C34H35N5O3S. The number of rotatable bonds is 11. The molecule has 0 bridgehead atoms. The van der Waals surface area contributed by atoms with Gasteiger partial charge in [-0.3, -0.25) is 4.79 Å². The summed E-state index contributed by atoms with van der Waals surface area (Å²) in [5.41, 5.74) is 3.81. The zero-order chi connectivity index (χ0) is 29.8. The number of ketones is 1. The van der Waals surface area contributed by atoms with Crippen LogP contribution in [-0.4, -0.2) is 40.7 Å². The number of anilines is 1. The molecule has 1 saturated carbocycles. The molecule has 1 aliphatic carbocycles. The lowest BCUT2D eigenvalue weighted by Gasteiger charge is -2.24. The van der Waals surface area contributed by atoms with E-state index in [4.69, 9.17) is 0 Å². The van der Waals surface area contributed by atoms with E-state index in [2.05, 4.69) is 76.1 Å². The van der Waals surface area contributed by atoms with E-state index in [9.17, 15) is 13.2 Å². The van der Waals surface area contributed by atoms with Crippen LogP contribution in [0.2, 0.25) is 0 Å². The second-order valence-corrected chi connectivity index (χ2v) is 13.2. The summed E-state index contributed by atoms with van der Waals surface area (Å²) < 4.78 is 27.2. The van der Waals surface area contributed by atoms with Gasteiger partial charge in [0, 0.05) is 18.2 Å². The highest BCUT2D eigenvalue weighted by Gasteiger charge is 2.36. The summed E-state index contributed by atoms with van der Waals surface area (Å²) in [5.74, 6) is 0.612. The standard InChI is InChI=1S/C34H35N5O3S/c1-24-19-28(37-33(26-13-7-3-8-14-26)27-15-9-4-10-16-27)20-29(24)31(40)21-35-32-22-36-34-30(38-32)17-18-39(34)43(41,42)23-25-11-5-2-6-12-25/h2-18,22,24,28-29,33,37H,19-21,23H2,1H3,(H,35,38). The van der Waals surface area contributed by atoms with Crippen molar-refractivity contribution in [2.24, 2.45) is 11.8 Å². The van der Waals surface area contributed by atoms with Gasteiger partial charge >= 0.3 is 0 Å². The van der Waals surface area contributed by atoms with E-state index in [0.717, 1.165) is 12.8 Å². The summed E-state index contributed by atoms with van der Waals surface area (Å²) in [5, 5.41) is 6.97. The molecule has 0 radical (unpaired) electrons. The zero-order valence-electron chi connectivity index (χ0n) is 24.0. The Morgan fingerprint density at radius 2 is 1.53 bits per heavy atom. The van der Waals surface area contributed by atoms with Crippen LogP contribution in [0.3, 0.4) is 0 Å². The summed E-state index contributed by atoms with van der Waals surface area (Å²) in [6.45, 7) is 2.28. The summed E-state index contributed by atoms with van der Waals surface area (Å²) >= 11 is 0. The number of carbonyl (C=O) groups excluding carboxylic acids is 1. The maximum Gasteiger partial charge on any atom is 0.244 e. The minimum atomic E-state index is -3.67. The molecule has 3 aromatic carbocycles. The molecule has 0 amide bonds. The van der Waals surface area contributed by atoms with Gasteiger partial charge in [-0.1, -0.05) is 97.9 Å². The zero-order valence-corrected chi connectivity index (χ0v) is 24.8. The van der Waals surface area contributed by atoms with Crippen LogP contribution < -0.4 is 10.6 Å². The van der Waals surface area contributed by atoms with Crippen LogP contribution in [0.15, 0.2) is 109 Å². The summed E-state index contributed by atoms with van der Waals surface area (Å²) in [6, 6.07) is 31.8. The number of Topliss-reactive ketones (excluding diaryl/α,β-unsaturated/α-hetero) is 1. The Morgan fingerprint density at radius 3 is 2.19 bits per heavy atom. The fraction of sp³-hybridized carbons (Fsp3) is 0.265. The number of aromatic nitrogens is 3. The third-order valence-electron chi connectivity index (χ3n) is 8.25. The van der Waals surface area contributed by atoms with E-state index in [-0.39, 0.29) is 47.6 Å². The minimum absolute atomic E-state index is 0.0531. The van der Waals surface area contributed by atoms with Crippen molar-refractivity contribution in [3.05, 3.63) is 126 Å². The Labute approximate surface area is 252 Å². The fourth-order valence-corrected chi connectivity index (χ4v) is 7.51. The summed E-state index contributed by atoms with van der Waals surface area (Å²) in [6.07, 6.45) is 4.65. The van der Waals surface area contributed by atoms with Crippen LogP contribution in [0, 0.1) is 11.8 Å². The molecule has 8 nitrogen and oxygen atoms in total. The summed E-state index contributed by atoms with van der Waals surface area (Å²) in [4.78, 5) is 22.3. The molecule has 5 aromatic rings. The third-order valence-corrected chi connectivity index (χ3v) is 9.85. The highest BCUT2D eigenvalue weighted by atomic mass is 32.2. The molecule has 1 fully saturated rings. The van der Waals surface area contributed by atoms with Gasteiger partial charge in [-0.05, 0) is 41.5 Å². The molecule has 1 aliphatic rings. The van der Waals surface area contributed by atoms with E-state index in [1.54, 1.807) is 18.2 Å². The van der Waals surface area contributed by atoms with E-state index in [1.807, 2.05) is 30.3 Å². The monoisotopic (exact) mass is 593 g/mol. The van der Waals surface area contributed by atoms with Crippen molar-refractivity contribution in [2.45, 2.75) is 37.6 Å². The maximum atomic E-state index is 13.4. The third kappa shape index (κ3) is 6.53. The number of carbonyl (C=O) groups is 1. The molecule has 2 aromatic heterocycles. The van der Waals surface area contributed by atoms with Crippen LogP contribution in [0.1, 0.15) is 42.5 Å². The van der Waals surface area contributed by atoms with E-state index >= 15 is 0 Å². The molecule has 9 heteroatoms. The predicted molar refractivity (Wildman–Crippen MR) is 169 cm³/mol. The molecule has 2 N–H and O–H groups in total. The van der Waals surface area contributed by atoms with Crippen molar-refractivity contribution in [2.75, 3.05) is 11.9 Å². The number of fused-ring (bicyclic) bond motifs is 1. The van der Waals surface area contributed by atoms with Crippen molar-refractivity contribution < 1.29 is 13.2 Å². The molecule has 220 valence electrons. The minimum Gasteiger partial charge on any atom is -0.362 e. The second-order valence-electron chi connectivity index (χ2n) is 11.3. The number of nitrogens with one attached hydrogen (secondary N) is 2. The van der Waals surface area contributed by atoms with Gasteiger partial charge in [0.2, 0.25) is 10.0 Å². The molecule has 2 heterocycles. The summed E-state index contributed by atoms with van der Waals surface area (Å²) in [7, 11) is -3.67. The first-order valence-corrected chi connectivity index (χ1v) is 16.2. The van der Waals surface area contributed by atoms with Crippen LogP contribution in [-0.2, 0) is 20.6 Å². The number of nitrogens with zero attached hydrogens (tertiary/aromatic N) is 3. The van der Waals surface area contributed by atoms with Crippen LogP contribution >= 0.6 is 0 Å². The number of benzene rings is 3. The van der Waals surface area contributed by atoms with E-state index in [1.165, 1.54) is 27.5 Å². The lowest BCUT2D eigenvalue weighted by Crippen LogP contribution is -2.32. The average molecular weight is 594 g/mol. The van der Waals surface area contributed by atoms with E-state index < -0.39 is 10.0 Å². The van der Waals surface area contributed by atoms with Gasteiger partial charge in [-0.2, -0.15) is 0 Å². The SMILES string of the molecule is CC1CC(NC(c2ccccc2)c2ccccc2)CC1C(=O)CNc1cnc2c(ccn2S(=O)(=O)Cc2ccccc2)n1. The molecule has 0 aliphatic heterocycles. The Bertz CT molecular complexity index is 1750. The highest BCUT2D eigenvalue weighted by Crippen LogP contribution is 2.35. The van der Waals surface area contributed by atoms with Crippen LogP contribution in [0.25, 0.3) is 11.2 Å². The maximum absolute atomic E-state index is 13.4. The Balaban J connectivity index is 1.09. The fourth-order valence-electron chi connectivity index (χ4n) is 6.10. The first kappa shape index (κ1) is 28.8. The van der Waals surface area contributed by atoms with Gasteiger partial charge in [0.05, 0.1) is 24.5 Å². The highest BCUT2D eigenvalue weighted by molar-refractivity contribution is 7.89. The molecule has 43 heavy (non-hydrogen) atoms. The predicted octanol–water partition coefficient (Wildman–Crippen LogP) is 5.58. The van der Waals surface area contributed by atoms with E-state index in [0.29, 0.717) is 16.9 Å². The lowest BCUT2D eigenvalue weighted by molar-refractivity contribution is -0.122. The quantitative estimate of drug-likeness (QED) is 0.206. The van der Waals surface area contributed by atoms with Crippen LogP contribution in [0.5, 0.6) is 0 Å². The van der Waals surface area contributed by atoms with Gasteiger partial charge < -0.3 is 10.6 Å². The van der Waals surface area contributed by atoms with Crippen molar-refractivity contribution in [3.63, 3.8) is 0 Å². The van der Waals surface area contributed by atoms with Crippen molar-refractivity contribution in [3.8, 4) is 0 Å². The normalized spacial score (nSPS) is 18.7. The molecule has 6 rings (SSSR count). The molecule has 3 atom stereocenters. The number of hydrogen-bond donors (Lipinski definition) is 2. The van der Waals surface area contributed by atoms with Crippen molar-refractivity contribution in [1.82, 2.24) is 19.3 Å². The largest absolute Gasteiger partial charge is 0.362 e. The average Bonchev–Trinajstić information content (AvgIpc) is 3.63. The number of hydrogen-bond acceptors (Lipinski definition) is 7. The first-order valence-electron chi connectivity index (χ1n) is 14.6. The van der Waals surface area contributed by atoms with Gasteiger partial charge in [-0.15, -0.1) is 0 Å². The Morgan fingerprint density at radius 1 is 0.907 bits per heavy atom. The smallest absolute Gasteiger partial charge is 0.244 e.